The van der Waals surface area contributed by atoms with Crippen molar-refractivity contribution in [2.24, 2.45) is 11.8 Å². The van der Waals surface area contributed by atoms with Crippen molar-refractivity contribution in [3.63, 3.8) is 0 Å². The van der Waals surface area contributed by atoms with Gasteiger partial charge in [-0.25, -0.2) is 4.79 Å². The highest BCUT2D eigenvalue weighted by atomic mass is 16.6. The molecule has 3 aliphatic heterocycles. The second-order valence-corrected chi connectivity index (χ2v) is 11.5. The number of carbonyl (C=O) groups is 2. The molecule has 8 atom stereocenters. The average molecular weight is 546 g/mol. The topological polar surface area (TPSA) is 107 Å². The molecule has 1 spiro atoms. The van der Waals surface area contributed by atoms with Gasteiger partial charge in [0.15, 0.2) is 0 Å². The molecule has 0 aliphatic carbocycles. The van der Waals surface area contributed by atoms with Gasteiger partial charge in [-0.05, 0) is 57.9 Å². The number of nitrogens with one attached hydrogen (secondary N) is 1. The molecule has 0 radical (unpaired) electrons. The average Bonchev–Trinajstić information content (AvgIpc) is 3.65. The van der Waals surface area contributed by atoms with E-state index >= 15 is 0 Å². The minimum Gasteiger partial charge on any atom is -0.463 e. The molecule has 0 aromatic heterocycles. The molecule has 3 heterocycles. The fraction of sp³-hybridized carbons (Fsp3) is 0.677. The normalized spacial score (nSPS) is 35.4. The number of hydrogen-bond acceptors (Lipinski definition) is 7. The van der Waals surface area contributed by atoms with Gasteiger partial charge in [-0.3, -0.25) is 4.79 Å². The molecule has 218 valence electrons. The summed E-state index contributed by atoms with van der Waals surface area (Å²) < 4.78 is 23.0. The molecular weight excluding hydrogens is 498 g/mol. The van der Waals surface area contributed by atoms with E-state index in [9.17, 15) is 14.7 Å². The Labute approximate surface area is 233 Å². The molecule has 1 amide bonds. The van der Waals surface area contributed by atoms with Gasteiger partial charge in [-0.1, -0.05) is 56.7 Å². The molecule has 8 nitrogen and oxygen atoms in total. The monoisotopic (exact) mass is 545 g/mol. The molecule has 0 saturated carbocycles. The van der Waals surface area contributed by atoms with Crippen molar-refractivity contribution in [3.8, 4) is 0 Å². The number of carbonyl (C=O) groups excluding carboxylic acids is 2. The first kappa shape index (κ1) is 31.3. The number of esters is 1. The predicted octanol–water partition coefficient (Wildman–Crippen LogP) is 4.19. The molecule has 0 bridgehead atoms. The second-order valence-electron chi connectivity index (χ2n) is 11.5. The fourth-order valence-corrected chi connectivity index (χ4v) is 5.17. The van der Waals surface area contributed by atoms with E-state index in [2.05, 4.69) is 18.3 Å². The molecule has 8 heteroatoms. The smallest absolute Gasteiger partial charge is 0.330 e. The van der Waals surface area contributed by atoms with Gasteiger partial charge in [0.25, 0.3) is 0 Å². The molecular formula is C31H47NO7. The van der Waals surface area contributed by atoms with E-state index < -0.39 is 17.8 Å². The summed E-state index contributed by atoms with van der Waals surface area (Å²) in [6.07, 6.45) is 14.1. The summed E-state index contributed by atoms with van der Waals surface area (Å²) in [5.41, 5.74) is 0.490. The number of aliphatic hydroxyl groups excluding tert-OH is 1. The van der Waals surface area contributed by atoms with E-state index in [-0.39, 0.29) is 36.2 Å². The van der Waals surface area contributed by atoms with Gasteiger partial charge in [-0.15, -0.1) is 0 Å². The summed E-state index contributed by atoms with van der Waals surface area (Å²) in [6.45, 7) is 12.9. The molecule has 0 aromatic carbocycles. The highest BCUT2D eigenvalue weighted by molar-refractivity contribution is 5.87. The van der Waals surface area contributed by atoms with Crippen LogP contribution in [0, 0.1) is 11.8 Å². The van der Waals surface area contributed by atoms with Gasteiger partial charge >= 0.3 is 5.97 Å². The Morgan fingerprint density at radius 3 is 2.56 bits per heavy atom. The van der Waals surface area contributed by atoms with E-state index in [1.165, 1.54) is 6.08 Å². The first-order valence-corrected chi connectivity index (χ1v) is 14.3. The molecule has 3 aliphatic rings. The number of epoxide rings is 1. The number of allylic oxidation sites excluding steroid dienone is 3. The molecule has 2 N–H and O–H groups in total. The Hall–Kier alpha value is -2.26. The van der Waals surface area contributed by atoms with Gasteiger partial charge in [0.1, 0.15) is 17.8 Å². The Balaban J connectivity index is 1.52. The summed E-state index contributed by atoms with van der Waals surface area (Å²) >= 11 is 0. The number of aliphatic hydroxyl groups is 1. The van der Waals surface area contributed by atoms with E-state index in [0.29, 0.717) is 37.9 Å². The van der Waals surface area contributed by atoms with Crippen LogP contribution < -0.4 is 5.32 Å². The third-order valence-electron chi connectivity index (χ3n) is 7.63. The van der Waals surface area contributed by atoms with Gasteiger partial charge in [0.05, 0.1) is 37.6 Å². The van der Waals surface area contributed by atoms with E-state index in [0.717, 1.165) is 18.4 Å². The highest BCUT2D eigenvalue weighted by Gasteiger charge is 2.58. The maximum absolute atomic E-state index is 12.2. The van der Waals surface area contributed by atoms with Crippen LogP contribution in [-0.4, -0.2) is 72.4 Å². The van der Waals surface area contributed by atoms with Crippen molar-refractivity contribution in [2.45, 2.75) is 109 Å². The number of rotatable bonds is 11. The predicted molar refractivity (Wildman–Crippen MR) is 150 cm³/mol. The quantitative estimate of drug-likeness (QED) is 0.174. The van der Waals surface area contributed by atoms with E-state index in [4.69, 9.17) is 18.9 Å². The van der Waals surface area contributed by atoms with E-state index in [1.54, 1.807) is 19.1 Å². The second kappa shape index (κ2) is 14.4. The van der Waals surface area contributed by atoms with Crippen LogP contribution in [0.5, 0.6) is 0 Å². The van der Waals surface area contributed by atoms with E-state index in [1.807, 2.05) is 45.9 Å². The SMILES string of the molecule is CCOC(=O)/C=C/C[C@@H]1C[C@@]2(CO2)[C@H](O)[C@@H](/C=C/C(C)=C/C[C@@H]2O[C@H](C)[C@H](NC(=O)/C=C\C(C)C)C[C@@H]2C)O1. The minimum atomic E-state index is -0.739. The maximum Gasteiger partial charge on any atom is 0.330 e. The Kier molecular flexibility index (Phi) is 11.5. The standard InChI is InChI=1S/C31H47NO7/c1-7-36-29(34)10-8-9-24-18-31(19-37-31)30(35)27(39-24)15-13-21(4)12-14-26-22(5)17-25(23(6)38-26)32-28(33)16-11-20(2)3/h8,10-13,15-16,20,22-27,30,35H,7,9,14,17-19H2,1-6H3,(H,32,33)/b10-8+,15-13+,16-11-,21-12+/t22-,23+,24+,25+,26-,27+,30+,31+/m0/s1. The summed E-state index contributed by atoms with van der Waals surface area (Å²) in [6, 6.07) is -0.00693. The summed E-state index contributed by atoms with van der Waals surface area (Å²) in [4.78, 5) is 23.8. The van der Waals surface area contributed by atoms with Crippen molar-refractivity contribution >= 4 is 11.9 Å². The van der Waals surface area contributed by atoms with Crippen molar-refractivity contribution in [2.75, 3.05) is 13.2 Å². The molecule has 0 unspecified atom stereocenters. The zero-order valence-corrected chi connectivity index (χ0v) is 24.3. The zero-order valence-electron chi connectivity index (χ0n) is 24.3. The van der Waals surface area contributed by atoms with Crippen LogP contribution >= 0.6 is 0 Å². The zero-order chi connectivity index (χ0) is 28.6. The lowest BCUT2D eigenvalue weighted by atomic mass is 9.87. The summed E-state index contributed by atoms with van der Waals surface area (Å²) in [5.74, 6) is 0.194. The van der Waals surface area contributed by atoms with Crippen molar-refractivity contribution in [1.29, 1.82) is 0 Å². The van der Waals surface area contributed by atoms with Gasteiger partial charge < -0.3 is 29.4 Å². The number of hydrogen-bond donors (Lipinski definition) is 2. The molecule has 0 aromatic rings. The molecule has 39 heavy (non-hydrogen) atoms. The maximum atomic E-state index is 12.2. The van der Waals surface area contributed by atoms with Crippen LogP contribution in [0.15, 0.2) is 48.1 Å². The lowest BCUT2D eigenvalue weighted by Gasteiger charge is -2.39. The van der Waals surface area contributed by atoms with Crippen molar-refractivity contribution < 1.29 is 33.6 Å². The third-order valence-corrected chi connectivity index (χ3v) is 7.63. The van der Waals surface area contributed by atoms with Gasteiger partial charge in [-0.2, -0.15) is 0 Å². The first-order chi connectivity index (χ1) is 18.5. The molecule has 3 saturated heterocycles. The Bertz CT molecular complexity index is 949. The van der Waals surface area contributed by atoms with Gasteiger partial charge in [0.2, 0.25) is 5.91 Å². The fourth-order valence-electron chi connectivity index (χ4n) is 5.17. The first-order valence-electron chi connectivity index (χ1n) is 14.3. The molecule has 3 rings (SSSR count). The van der Waals surface area contributed by atoms with Crippen LogP contribution in [0.3, 0.4) is 0 Å². The lowest BCUT2D eigenvalue weighted by molar-refractivity contribution is -0.137. The van der Waals surface area contributed by atoms with Crippen LogP contribution in [0.4, 0.5) is 0 Å². The van der Waals surface area contributed by atoms with Crippen molar-refractivity contribution in [3.05, 3.63) is 48.1 Å². The summed E-state index contributed by atoms with van der Waals surface area (Å²) in [7, 11) is 0. The highest BCUT2D eigenvalue weighted by Crippen LogP contribution is 2.43. The third kappa shape index (κ3) is 9.41. The van der Waals surface area contributed by atoms with Crippen LogP contribution in [0.2, 0.25) is 0 Å². The summed E-state index contributed by atoms with van der Waals surface area (Å²) in [5, 5.41) is 13.9. The largest absolute Gasteiger partial charge is 0.463 e. The number of ether oxygens (including phenoxy) is 4. The number of amides is 1. The van der Waals surface area contributed by atoms with Crippen molar-refractivity contribution in [1.82, 2.24) is 5.32 Å². The Morgan fingerprint density at radius 1 is 1.15 bits per heavy atom. The molecule has 3 fully saturated rings. The Morgan fingerprint density at radius 2 is 1.90 bits per heavy atom. The van der Waals surface area contributed by atoms with Crippen LogP contribution in [0.25, 0.3) is 0 Å². The van der Waals surface area contributed by atoms with Crippen LogP contribution in [0.1, 0.15) is 67.2 Å². The van der Waals surface area contributed by atoms with Crippen LogP contribution in [-0.2, 0) is 28.5 Å². The minimum absolute atomic E-state index is 0.00693. The van der Waals surface area contributed by atoms with Gasteiger partial charge in [0, 0.05) is 12.5 Å². The lowest BCUT2D eigenvalue weighted by Crippen LogP contribution is -2.50.